The second kappa shape index (κ2) is 26.0. The summed E-state index contributed by atoms with van der Waals surface area (Å²) in [6.07, 6.45) is 0.179. The number of aliphatic hydroxyl groups is 5. The van der Waals surface area contributed by atoms with Gasteiger partial charge in [0, 0.05) is 70.3 Å². The van der Waals surface area contributed by atoms with Crippen molar-refractivity contribution in [1.29, 1.82) is 0 Å². The Hall–Kier alpha value is -3.51. The third kappa shape index (κ3) is 14.6. The number of hydrogen-bond donors (Lipinski definition) is 6. The van der Waals surface area contributed by atoms with Crippen LogP contribution in [0.3, 0.4) is 0 Å². The highest BCUT2D eigenvalue weighted by molar-refractivity contribution is 5.73. The van der Waals surface area contributed by atoms with Gasteiger partial charge in [-0.05, 0) is 131 Å². The summed E-state index contributed by atoms with van der Waals surface area (Å²) >= 11 is 0. The van der Waals surface area contributed by atoms with Crippen molar-refractivity contribution in [3.05, 3.63) is 53.6 Å². The summed E-state index contributed by atoms with van der Waals surface area (Å²) < 4.78 is 36.0. The number of benzene rings is 1. The zero-order chi connectivity index (χ0) is 55.2. The van der Waals surface area contributed by atoms with Crippen LogP contribution in [0.25, 0.3) is 5.69 Å². The molecule has 0 radical (unpaired) electrons. The standard InChI is InChI=1S/C55H93N9O11/c1-15-45-55(10,70)48(66)37(6)62(13)30-33(2)27-53(8,69)50(35(4)46(36(5)51(68)74-45)44-28-54(9,71-14)49(67)38(7)73-44)75-52-47(65)43(26-34(3)72-52)61(12)25-23-40-31-63(59-57-40)24-17-16-18-39-19-21-42(22-20-39)64-32-41(29-56-11)58-60-64/h19-22,31-38,43-50,52,56,65-67,69-70H,15-18,23-30H2,1-14H3/t33-,34-,35+,36-,37-,38+,43+,44-,45-,46?,47-,48-,49+,50-,52+,53-,54-,55-/m1/s1. The Balaban J connectivity index is 1.17. The number of carbonyl (C=O) groups excluding carboxylic acids is 1. The van der Waals surface area contributed by atoms with Gasteiger partial charge in [0.1, 0.15) is 30.0 Å². The monoisotopic (exact) mass is 1060 g/mol. The number of ether oxygens (including phenoxy) is 5. The summed E-state index contributed by atoms with van der Waals surface area (Å²) in [5.74, 6) is -3.10. The molecule has 0 spiro atoms. The molecule has 18 atom stereocenters. The molecular weight excluding hydrogens is 963 g/mol. The molecule has 0 bridgehead atoms. The van der Waals surface area contributed by atoms with E-state index in [4.69, 9.17) is 23.7 Å². The van der Waals surface area contributed by atoms with E-state index in [-0.39, 0.29) is 37.3 Å². The van der Waals surface area contributed by atoms with E-state index in [1.807, 2.05) is 77.7 Å². The van der Waals surface area contributed by atoms with E-state index in [9.17, 15) is 30.3 Å². The van der Waals surface area contributed by atoms with Crippen molar-refractivity contribution < 1.29 is 54.0 Å². The Morgan fingerprint density at radius 2 is 1.60 bits per heavy atom. The van der Waals surface area contributed by atoms with Crippen LogP contribution < -0.4 is 5.32 Å². The average Bonchev–Trinajstić information content (AvgIpc) is 4.04. The summed E-state index contributed by atoms with van der Waals surface area (Å²) in [5.41, 5.74) is -0.482. The zero-order valence-electron chi connectivity index (χ0n) is 47.4. The minimum absolute atomic E-state index is 0.164. The number of carbonyl (C=O) groups is 1. The van der Waals surface area contributed by atoms with Gasteiger partial charge in [-0.25, -0.2) is 4.68 Å². The van der Waals surface area contributed by atoms with Crippen molar-refractivity contribution in [2.45, 2.75) is 218 Å². The maximum Gasteiger partial charge on any atom is 0.309 e. The summed E-state index contributed by atoms with van der Waals surface area (Å²) in [6.45, 7) is 20.5. The fourth-order valence-electron chi connectivity index (χ4n) is 12.3. The molecule has 2 aromatic heterocycles. The van der Waals surface area contributed by atoms with Crippen LogP contribution in [-0.4, -0.2) is 197 Å². The van der Waals surface area contributed by atoms with Gasteiger partial charge in [-0.2, -0.15) is 0 Å². The molecule has 1 aromatic carbocycles. The Morgan fingerprint density at radius 1 is 0.907 bits per heavy atom. The average molecular weight is 1060 g/mol. The number of unbranched alkanes of at least 4 members (excludes halogenated alkanes) is 1. The first-order valence-electron chi connectivity index (χ1n) is 27.5. The molecule has 6 rings (SSSR count). The molecule has 3 aliphatic heterocycles. The van der Waals surface area contributed by atoms with E-state index in [0.717, 1.165) is 42.9 Å². The molecule has 3 aliphatic rings. The van der Waals surface area contributed by atoms with Gasteiger partial charge in [0.25, 0.3) is 0 Å². The third-order valence-electron chi connectivity index (χ3n) is 17.0. The van der Waals surface area contributed by atoms with Gasteiger partial charge < -0.3 is 64.3 Å². The van der Waals surface area contributed by atoms with E-state index < -0.39 is 95.6 Å². The van der Waals surface area contributed by atoms with Crippen molar-refractivity contribution in [1.82, 2.24) is 45.1 Å². The lowest BCUT2D eigenvalue weighted by Crippen LogP contribution is -2.62. The summed E-state index contributed by atoms with van der Waals surface area (Å²) in [4.78, 5) is 18.7. The number of methoxy groups -OCH3 is 1. The molecule has 424 valence electrons. The maximum absolute atomic E-state index is 14.6. The predicted octanol–water partition coefficient (Wildman–Crippen LogP) is 3.70. The number of cyclic esters (lactones) is 1. The van der Waals surface area contributed by atoms with Crippen LogP contribution in [0.2, 0.25) is 0 Å². The third-order valence-corrected chi connectivity index (χ3v) is 17.0. The fraction of sp³-hybridized carbons (Fsp3) is 0.800. The number of hydrogen-bond acceptors (Lipinski definition) is 18. The SMILES string of the molecule is CC[C@H]1OC(=O)[C@H](C)C([C@H]2C[C@@](C)(OC)[C@@H](O)[C@H](C)O2)[C@H](C)[C@@H](O[C@@H]2O[C@H](C)C[C@H](N(C)CCc3cn(CCCCc4ccc(-n5cc(CNC)nn5)cc4)nn3)[C@H]2O)[C@](C)(O)C[C@@H](C)CN(C)[C@H](C)[C@@H](O)[C@]1(C)O. The van der Waals surface area contributed by atoms with Gasteiger partial charge in [0.05, 0.1) is 64.8 Å². The molecule has 20 nitrogen and oxygen atoms in total. The normalized spacial score (nSPS) is 38.0. The Labute approximate surface area is 445 Å². The first-order chi connectivity index (χ1) is 35.3. The van der Waals surface area contributed by atoms with Gasteiger partial charge in [0.15, 0.2) is 6.29 Å². The van der Waals surface area contributed by atoms with Crippen molar-refractivity contribution in [2.75, 3.05) is 41.3 Å². The highest BCUT2D eigenvalue weighted by Gasteiger charge is 2.55. The second-order valence-corrected chi connectivity index (χ2v) is 23.3. The lowest BCUT2D eigenvalue weighted by molar-refractivity contribution is -0.302. The molecule has 3 fully saturated rings. The lowest BCUT2D eigenvalue weighted by atomic mass is 9.68. The van der Waals surface area contributed by atoms with Crippen LogP contribution in [0, 0.1) is 23.7 Å². The van der Waals surface area contributed by atoms with Crippen LogP contribution in [0.1, 0.15) is 125 Å². The Bertz CT molecular complexity index is 2230. The number of aliphatic hydroxyl groups excluding tert-OH is 3. The molecule has 5 heterocycles. The molecule has 1 unspecified atom stereocenters. The minimum Gasteiger partial charge on any atom is -0.459 e. The van der Waals surface area contributed by atoms with E-state index in [2.05, 4.69) is 55.1 Å². The van der Waals surface area contributed by atoms with Gasteiger partial charge in [-0.15, -0.1) is 10.2 Å². The largest absolute Gasteiger partial charge is 0.459 e. The quantitative estimate of drug-likeness (QED) is 0.0834. The number of likely N-dealkylation sites (N-methyl/N-ethyl adjacent to an activating group) is 2. The number of nitrogens with zero attached hydrogens (tertiary/aromatic N) is 8. The lowest BCUT2D eigenvalue weighted by Gasteiger charge is -2.51. The van der Waals surface area contributed by atoms with Crippen LogP contribution in [0.4, 0.5) is 0 Å². The first-order valence-corrected chi connectivity index (χ1v) is 27.5. The van der Waals surface area contributed by atoms with E-state index in [1.165, 1.54) is 12.5 Å². The maximum atomic E-state index is 14.6. The first kappa shape index (κ1) is 60.7. The molecule has 75 heavy (non-hydrogen) atoms. The number of rotatable bonds is 17. The second-order valence-electron chi connectivity index (χ2n) is 23.3. The van der Waals surface area contributed by atoms with Gasteiger partial charge in [0.2, 0.25) is 0 Å². The summed E-state index contributed by atoms with van der Waals surface area (Å²) in [5, 5.41) is 80.6. The molecule has 0 amide bonds. The minimum atomic E-state index is -1.81. The van der Waals surface area contributed by atoms with Gasteiger partial charge >= 0.3 is 5.97 Å². The highest BCUT2D eigenvalue weighted by Crippen LogP contribution is 2.45. The number of aromatic nitrogens is 6. The molecule has 3 aromatic rings. The number of nitrogens with one attached hydrogen (secondary N) is 1. The van der Waals surface area contributed by atoms with Crippen molar-refractivity contribution >= 4 is 5.97 Å². The zero-order valence-corrected chi connectivity index (χ0v) is 47.4. The number of aryl methyl sites for hydroxylation is 2. The van der Waals surface area contributed by atoms with Crippen LogP contribution in [-0.2, 0) is 54.4 Å². The highest BCUT2D eigenvalue weighted by atomic mass is 16.7. The van der Waals surface area contributed by atoms with Gasteiger partial charge in [-0.1, -0.05) is 50.3 Å². The molecule has 0 aliphatic carbocycles. The fourth-order valence-corrected chi connectivity index (χ4v) is 12.3. The van der Waals surface area contributed by atoms with E-state index in [1.54, 1.807) is 39.5 Å². The molecule has 20 heteroatoms. The van der Waals surface area contributed by atoms with Crippen molar-refractivity contribution in [2.24, 2.45) is 23.7 Å². The number of esters is 1. The van der Waals surface area contributed by atoms with E-state index >= 15 is 0 Å². The van der Waals surface area contributed by atoms with Crippen molar-refractivity contribution in [3.63, 3.8) is 0 Å². The molecule has 0 saturated carbocycles. The Morgan fingerprint density at radius 3 is 2.27 bits per heavy atom. The van der Waals surface area contributed by atoms with Gasteiger partial charge in [-0.3, -0.25) is 9.48 Å². The van der Waals surface area contributed by atoms with Crippen LogP contribution in [0.15, 0.2) is 36.7 Å². The molecule has 6 N–H and O–H groups in total. The summed E-state index contributed by atoms with van der Waals surface area (Å²) in [6, 6.07) is 7.46. The van der Waals surface area contributed by atoms with Crippen molar-refractivity contribution in [3.8, 4) is 5.69 Å². The van der Waals surface area contributed by atoms with E-state index in [0.29, 0.717) is 32.5 Å². The predicted molar refractivity (Wildman–Crippen MR) is 283 cm³/mol. The molecule has 3 saturated heterocycles. The smallest absolute Gasteiger partial charge is 0.309 e. The summed E-state index contributed by atoms with van der Waals surface area (Å²) in [7, 11) is 7.25. The van der Waals surface area contributed by atoms with Crippen LogP contribution >= 0.6 is 0 Å². The Kier molecular flexibility index (Phi) is 21.0. The van der Waals surface area contributed by atoms with Crippen LogP contribution in [0.5, 0.6) is 0 Å². The topological polar surface area (TPSA) is 244 Å². The molecular formula is C55H93N9O11.